The number of nitrogens with zero attached hydrogens (tertiary/aromatic N) is 4. The summed E-state index contributed by atoms with van der Waals surface area (Å²) in [6.07, 6.45) is 6.36. The zero-order valence-electron chi connectivity index (χ0n) is 13.3. The molecule has 1 atom stereocenters. The molecule has 2 aromatic heterocycles. The van der Waals surface area contributed by atoms with Crippen molar-refractivity contribution in [3.8, 4) is 0 Å². The third kappa shape index (κ3) is 3.38. The van der Waals surface area contributed by atoms with Crippen molar-refractivity contribution < 1.29 is 4.79 Å². The molecule has 0 saturated carbocycles. The van der Waals surface area contributed by atoms with Crippen LogP contribution in [0.4, 0.5) is 0 Å². The Hall–Kier alpha value is -2.47. The number of likely N-dealkylation sites (N-methyl/N-ethyl adjacent to an activating group) is 1. The molecular formula is C17H18ClN5O. The Bertz CT molecular complexity index is 833. The average Bonchev–Trinajstić information content (AvgIpc) is 2.90. The van der Waals surface area contributed by atoms with E-state index in [1.807, 2.05) is 19.2 Å². The van der Waals surface area contributed by atoms with Crippen LogP contribution in [0.1, 0.15) is 18.4 Å². The van der Waals surface area contributed by atoms with Crippen LogP contribution in [0.25, 0.3) is 16.6 Å². The summed E-state index contributed by atoms with van der Waals surface area (Å²) in [6, 6.07) is 5.56. The molecule has 1 aliphatic rings. The smallest absolute Gasteiger partial charge is 0.222 e. The topological polar surface area (TPSA) is 84.5 Å². The summed E-state index contributed by atoms with van der Waals surface area (Å²) >= 11 is 5.93. The minimum Gasteiger partial charge on any atom is -0.404 e. The Balaban J connectivity index is 1.76. The second-order valence-corrected chi connectivity index (χ2v) is 6.10. The van der Waals surface area contributed by atoms with Crippen LogP contribution in [0, 0.1) is 0 Å². The van der Waals surface area contributed by atoms with Gasteiger partial charge in [-0.25, -0.2) is 4.98 Å². The largest absolute Gasteiger partial charge is 0.404 e. The summed E-state index contributed by atoms with van der Waals surface area (Å²) < 4.78 is 0. The number of pyridine rings is 2. The van der Waals surface area contributed by atoms with Crippen LogP contribution >= 0.6 is 11.6 Å². The number of aromatic nitrogens is 2. The fourth-order valence-electron chi connectivity index (χ4n) is 2.70. The van der Waals surface area contributed by atoms with E-state index in [2.05, 4.69) is 15.0 Å². The number of rotatable bonds is 4. The number of likely N-dealkylation sites (tertiary alicyclic amines) is 1. The summed E-state index contributed by atoms with van der Waals surface area (Å²) in [4.78, 5) is 26.4. The lowest BCUT2D eigenvalue weighted by Crippen LogP contribution is -2.30. The van der Waals surface area contributed by atoms with Crippen molar-refractivity contribution in [1.82, 2.24) is 14.9 Å². The van der Waals surface area contributed by atoms with E-state index in [4.69, 9.17) is 17.3 Å². The number of hydrogen-bond donors (Lipinski definition) is 1. The van der Waals surface area contributed by atoms with Gasteiger partial charge in [0, 0.05) is 43.2 Å². The van der Waals surface area contributed by atoms with E-state index in [0.29, 0.717) is 23.6 Å². The number of amides is 1. The number of halogens is 1. The maximum absolute atomic E-state index is 11.5. The molecule has 3 rings (SSSR count). The van der Waals surface area contributed by atoms with Gasteiger partial charge in [-0.2, -0.15) is 0 Å². The van der Waals surface area contributed by atoms with Gasteiger partial charge in [-0.05, 0) is 24.6 Å². The molecule has 0 radical (unpaired) electrons. The molecule has 6 nitrogen and oxygen atoms in total. The molecule has 0 aliphatic carbocycles. The molecule has 2 N–H and O–H groups in total. The highest BCUT2D eigenvalue weighted by atomic mass is 35.5. The van der Waals surface area contributed by atoms with Crippen LogP contribution in [0.15, 0.2) is 35.6 Å². The van der Waals surface area contributed by atoms with Gasteiger partial charge in [-0.3, -0.25) is 14.8 Å². The van der Waals surface area contributed by atoms with E-state index >= 15 is 0 Å². The maximum Gasteiger partial charge on any atom is 0.222 e. The van der Waals surface area contributed by atoms with Crippen LogP contribution in [0.3, 0.4) is 0 Å². The quantitative estimate of drug-likeness (QED) is 0.681. The molecule has 2 aromatic rings. The summed E-state index contributed by atoms with van der Waals surface area (Å²) in [6.45, 7) is 0.560. The van der Waals surface area contributed by atoms with Gasteiger partial charge >= 0.3 is 0 Å². The summed E-state index contributed by atoms with van der Waals surface area (Å²) in [5.41, 5.74) is 8.77. The molecule has 3 heterocycles. The molecule has 24 heavy (non-hydrogen) atoms. The van der Waals surface area contributed by atoms with Gasteiger partial charge in [0.05, 0.1) is 23.6 Å². The summed E-state index contributed by atoms with van der Waals surface area (Å²) in [5.74, 6) is 0.173. The second kappa shape index (κ2) is 6.97. The highest BCUT2D eigenvalue weighted by molar-refractivity contribution is 6.29. The first kappa shape index (κ1) is 16.4. The van der Waals surface area contributed by atoms with E-state index in [9.17, 15) is 4.79 Å². The molecular weight excluding hydrogens is 326 g/mol. The SMILES string of the molecule is CN1C(=O)CCC1CN=CC(=CN)c1cnc2ccc(Cl)nc2c1. The molecule has 1 unspecified atom stereocenters. The van der Waals surface area contributed by atoms with Gasteiger partial charge in [-0.15, -0.1) is 0 Å². The van der Waals surface area contributed by atoms with Crippen LogP contribution in [-0.2, 0) is 4.79 Å². The standard InChI is InChI=1S/C17H18ClN5O/c1-23-13(2-5-17(23)24)10-20-8-12(7-19)11-6-15-14(21-9-11)3-4-16(18)22-15/h3-4,6-9,13H,2,5,10,19H2,1H3. The summed E-state index contributed by atoms with van der Waals surface area (Å²) in [7, 11) is 1.82. The summed E-state index contributed by atoms with van der Waals surface area (Å²) in [5, 5.41) is 0.419. The van der Waals surface area contributed by atoms with Crippen molar-refractivity contribution in [1.29, 1.82) is 0 Å². The first-order valence-corrected chi connectivity index (χ1v) is 8.06. The third-order valence-corrected chi connectivity index (χ3v) is 4.41. The lowest BCUT2D eigenvalue weighted by molar-refractivity contribution is -0.127. The molecule has 0 aromatic carbocycles. The lowest BCUT2D eigenvalue weighted by atomic mass is 10.1. The van der Waals surface area contributed by atoms with Crippen LogP contribution in [0.5, 0.6) is 0 Å². The predicted octanol–water partition coefficient (Wildman–Crippen LogP) is 2.27. The molecule has 1 aliphatic heterocycles. The van der Waals surface area contributed by atoms with Gasteiger partial charge in [0.1, 0.15) is 5.15 Å². The van der Waals surface area contributed by atoms with Crippen LogP contribution < -0.4 is 5.73 Å². The average molecular weight is 344 g/mol. The van der Waals surface area contributed by atoms with E-state index in [1.54, 1.807) is 23.4 Å². The Morgan fingerprint density at radius 1 is 1.50 bits per heavy atom. The number of hydrogen-bond acceptors (Lipinski definition) is 5. The first-order valence-electron chi connectivity index (χ1n) is 7.68. The minimum absolute atomic E-state index is 0.156. The molecule has 1 amide bonds. The molecule has 1 fully saturated rings. The van der Waals surface area contributed by atoms with E-state index in [0.717, 1.165) is 23.1 Å². The maximum atomic E-state index is 11.5. The molecule has 0 spiro atoms. The Morgan fingerprint density at radius 3 is 3.04 bits per heavy atom. The van der Waals surface area contributed by atoms with Gasteiger partial charge < -0.3 is 10.6 Å². The Labute approximate surface area is 145 Å². The van der Waals surface area contributed by atoms with Crippen molar-refractivity contribution in [2.75, 3.05) is 13.6 Å². The number of carbonyl (C=O) groups excluding carboxylic acids is 1. The zero-order valence-corrected chi connectivity index (χ0v) is 14.1. The number of fused-ring (bicyclic) bond motifs is 1. The van der Waals surface area contributed by atoms with Gasteiger partial charge in [-0.1, -0.05) is 11.6 Å². The van der Waals surface area contributed by atoms with Crippen LogP contribution in [0.2, 0.25) is 5.15 Å². The van der Waals surface area contributed by atoms with Gasteiger partial charge in [0.25, 0.3) is 0 Å². The first-order chi connectivity index (χ1) is 11.6. The fourth-order valence-corrected chi connectivity index (χ4v) is 2.86. The second-order valence-electron chi connectivity index (χ2n) is 5.71. The van der Waals surface area contributed by atoms with Gasteiger partial charge in [0.15, 0.2) is 0 Å². The fraction of sp³-hybridized carbons (Fsp3) is 0.294. The van der Waals surface area contributed by atoms with Crippen molar-refractivity contribution in [3.63, 3.8) is 0 Å². The minimum atomic E-state index is 0.156. The van der Waals surface area contributed by atoms with Crippen molar-refractivity contribution in [2.45, 2.75) is 18.9 Å². The zero-order chi connectivity index (χ0) is 17.1. The van der Waals surface area contributed by atoms with Crippen molar-refractivity contribution >= 4 is 40.3 Å². The monoisotopic (exact) mass is 343 g/mol. The van der Waals surface area contributed by atoms with Crippen LogP contribution in [-0.4, -0.2) is 46.6 Å². The highest BCUT2D eigenvalue weighted by Gasteiger charge is 2.26. The number of aliphatic imine (C=N–C) groups is 1. The van der Waals surface area contributed by atoms with Crippen molar-refractivity contribution in [2.24, 2.45) is 10.7 Å². The molecule has 7 heteroatoms. The number of carbonyl (C=O) groups is 1. The predicted molar refractivity (Wildman–Crippen MR) is 95.9 cm³/mol. The number of allylic oxidation sites excluding steroid dienone is 1. The van der Waals surface area contributed by atoms with E-state index < -0.39 is 0 Å². The highest BCUT2D eigenvalue weighted by Crippen LogP contribution is 2.19. The normalized spacial score (nSPS) is 18.9. The molecule has 124 valence electrons. The molecule has 1 saturated heterocycles. The Kier molecular flexibility index (Phi) is 4.76. The Morgan fingerprint density at radius 2 is 2.33 bits per heavy atom. The van der Waals surface area contributed by atoms with E-state index in [-0.39, 0.29) is 11.9 Å². The van der Waals surface area contributed by atoms with E-state index in [1.165, 1.54) is 6.20 Å². The third-order valence-electron chi connectivity index (χ3n) is 4.20. The van der Waals surface area contributed by atoms with Crippen molar-refractivity contribution in [3.05, 3.63) is 41.3 Å². The molecule has 0 bridgehead atoms. The number of nitrogens with two attached hydrogens (primary N) is 1. The van der Waals surface area contributed by atoms with Gasteiger partial charge in [0.2, 0.25) is 5.91 Å². The lowest BCUT2D eigenvalue weighted by Gasteiger charge is -2.17.